The van der Waals surface area contributed by atoms with Crippen LogP contribution in [0.3, 0.4) is 0 Å². The number of hydrogen-bond donors (Lipinski definition) is 1. The van der Waals surface area contributed by atoms with Gasteiger partial charge in [0.05, 0.1) is 12.6 Å². The summed E-state index contributed by atoms with van der Waals surface area (Å²) in [5.74, 6) is 0. The Labute approximate surface area is 94.0 Å². The average molecular weight is 217 g/mol. The number of rotatable bonds is 2. The van der Waals surface area contributed by atoms with E-state index in [2.05, 4.69) is 0 Å². The number of aryl methyl sites for hydroxylation is 1. The molecule has 0 saturated heterocycles. The Morgan fingerprint density at radius 1 is 1.31 bits per heavy atom. The summed E-state index contributed by atoms with van der Waals surface area (Å²) in [6.45, 7) is 3.78. The van der Waals surface area contributed by atoms with Crippen LogP contribution < -0.4 is 5.56 Å². The molecule has 1 atom stereocenters. The fraction of sp³-hybridized carbons (Fsp3) is 0.308. The number of fused-ring (bicyclic) bond motifs is 1. The summed E-state index contributed by atoms with van der Waals surface area (Å²) in [6, 6.07) is 7.44. The Hall–Kier alpha value is -1.61. The highest BCUT2D eigenvalue weighted by molar-refractivity contribution is 5.84. The molecule has 3 nitrogen and oxygen atoms in total. The molecule has 1 heterocycles. The second-order valence-electron chi connectivity index (χ2n) is 4.10. The molecule has 2 aromatic rings. The van der Waals surface area contributed by atoms with Gasteiger partial charge in [0.15, 0.2) is 0 Å². The molecule has 0 amide bonds. The van der Waals surface area contributed by atoms with Crippen LogP contribution in [0.1, 0.15) is 18.5 Å². The summed E-state index contributed by atoms with van der Waals surface area (Å²) in [5, 5.41) is 10.8. The number of nitrogens with zero attached hydrogens (tertiary/aromatic N) is 1. The van der Waals surface area contributed by atoms with E-state index in [1.165, 1.54) is 0 Å². The lowest BCUT2D eigenvalue weighted by molar-refractivity contribution is 0.236. The first-order chi connectivity index (χ1) is 7.65. The van der Waals surface area contributed by atoms with Gasteiger partial charge in [0.2, 0.25) is 0 Å². The van der Waals surface area contributed by atoms with Crippen LogP contribution in [0, 0.1) is 6.92 Å². The van der Waals surface area contributed by atoms with Gasteiger partial charge in [-0.15, -0.1) is 0 Å². The molecular formula is C13H15NO2. The molecule has 16 heavy (non-hydrogen) atoms. The smallest absolute Gasteiger partial charge is 0.258 e. The first-order valence-electron chi connectivity index (χ1n) is 5.36. The molecule has 1 unspecified atom stereocenters. The van der Waals surface area contributed by atoms with Gasteiger partial charge in [-0.2, -0.15) is 0 Å². The molecule has 0 aliphatic heterocycles. The first-order valence-corrected chi connectivity index (χ1v) is 5.36. The first kappa shape index (κ1) is 10.9. The van der Waals surface area contributed by atoms with Gasteiger partial charge < -0.3 is 9.67 Å². The zero-order valence-corrected chi connectivity index (χ0v) is 9.47. The Kier molecular flexibility index (Phi) is 2.79. The van der Waals surface area contributed by atoms with E-state index in [4.69, 9.17) is 5.11 Å². The molecule has 0 spiro atoms. The van der Waals surface area contributed by atoms with E-state index in [-0.39, 0.29) is 18.2 Å². The van der Waals surface area contributed by atoms with Crippen molar-refractivity contribution in [1.29, 1.82) is 0 Å². The highest BCUT2D eigenvalue weighted by Crippen LogP contribution is 2.15. The van der Waals surface area contributed by atoms with Gasteiger partial charge in [-0.3, -0.25) is 4.79 Å². The topological polar surface area (TPSA) is 42.2 Å². The third kappa shape index (κ3) is 1.63. The minimum atomic E-state index is -0.183. The number of aliphatic hydroxyl groups excluding tert-OH is 1. The van der Waals surface area contributed by atoms with Crippen LogP contribution in [0.5, 0.6) is 0 Å². The molecule has 0 saturated carbocycles. The van der Waals surface area contributed by atoms with Crippen LogP contribution in [-0.4, -0.2) is 16.3 Å². The monoisotopic (exact) mass is 217 g/mol. The van der Waals surface area contributed by atoms with E-state index in [1.54, 1.807) is 10.8 Å². The summed E-state index contributed by atoms with van der Waals surface area (Å²) < 4.78 is 1.57. The van der Waals surface area contributed by atoms with Crippen LogP contribution in [0.25, 0.3) is 10.8 Å². The van der Waals surface area contributed by atoms with Crippen molar-refractivity contribution in [3.8, 4) is 0 Å². The van der Waals surface area contributed by atoms with Crippen LogP contribution in [0.15, 0.2) is 35.3 Å². The average Bonchev–Trinajstić information content (AvgIpc) is 2.30. The number of pyridine rings is 1. The quantitative estimate of drug-likeness (QED) is 0.834. The van der Waals surface area contributed by atoms with Gasteiger partial charge in [0, 0.05) is 11.6 Å². The minimum Gasteiger partial charge on any atom is -0.394 e. The lowest BCUT2D eigenvalue weighted by Gasteiger charge is -2.13. The van der Waals surface area contributed by atoms with Gasteiger partial charge in [-0.25, -0.2) is 0 Å². The number of aromatic nitrogens is 1. The number of aliphatic hydroxyl groups is 1. The summed E-state index contributed by atoms with van der Waals surface area (Å²) in [6.07, 6.45) is 1.75. The molecule has 0 aliphatic carbocycles. The molecule has 3 heteroatoms. The molecule has 84 valence electrons. The third-order valence-corrected chi connectivity index (χ3v) is 2.93. The highest BCUT2D eigenvalue weighted by atomic mass is 16.3. The summed E-state index contributed by atoms with van der Waals surface area (Å²) in [5.41, 5.74) is 1.06. The summed E-state index contributed by atoms with van der Waals surface area (Å²) >= 11 is 0. The fourth-order valence-corrected chi connectivity index (χ4v) is 1.89. The van der Waals surface area contributed by atoms with Crippen molar-refractivity contribution in [1.82, 2.24) is 4.57 Å². The van der Waals surface area contributed by atoms with Gasteiger partial charge in [0.25, 0.3) is 5.56 Å². The van der Waals surface area contributed by atoms with E-state index in [0.717, 1.165) is 10.9 Å². The highest BCUT2D eigenvalue weighted by Gasteiger charge is 2.08. The molecule has 0 bridgehead atoms. The molecule has 1 N–H and O–H groups in total. The largest absolute Gasteiger partial charge is 0.394 e. The maximum Gasteiger partial charge on any atom is 0.258 e. The van der Waals surface area contributed by atoms with Crippen molar-refractivity contribution < 1.29 is 5.11 Å². The number of benzene rings is 1. The van der Waals surface area contributed by atoms with E-state index < -0.39 is 0 Å². The predicted molar refractivity (Wildman–Crippen MR) is 64.7 cm³/mol. The van der Waals surface area contributed by atoms with Crippen LogP contribution in [-0.2, 0) is 0 Å². The Balaban J connectivity index is 2.76. The second kappa shape index (κ2) is 4.10. The Morgan fingerprint density at radius 3 is 2.75 bits per heavy atom. The van der Waals surface area contributed by atoms with Crippen molar-refractivity contribution >= 4 is 10.8 Å². The molecule has 0 fully saturated rings. The SMILES string of the molecule is Cc1cccc2c(=O)n(C(C)CO)ccc12. The van der Waals surface area contributed by atoms with Crippen LogP contribution in [0.4, 0.5) is 0 Å². The zero-order valence-electron chi connectivity index (χ0n) is 9.47. The van der Waals surface area contributed by atoms with Gasteiger partial charge in [-0.05, 0) is 36.9 Å². The van der Waals surface area contributed by atoms with E-state index in [0.29, 0.717) is 5.39 Å². The second-order valence-corrected chi connectivity index (χ2v) is 4.10. The van der Waals surface area contributed by atoms with Crippen LogP contribution >= 0.6 is 0 Å². The third-order valence-electron chi connectivity index (χ3n) is 2.93. The Bertz CT molecular complexity index is 572. The zero-order chi connectivity index (χ0) is 11.7. The maximum atomic E-state index is 12.1. The van der Waals surface area contributed by atoms with E-state index in [9.17, 15) is 4.79 Å². The summed E-state index contributed by atoms with van der Waals surface area (Å²) in [4.78, 5) is 12.1. The normalized spacial score (nSPS) is 12.9. The van der Waals surface area contributed by atoms with E-state index in [1.807, 2.05) is 38.1 Å². The van der Waals surface area contributed by atoms with Crippen molar-refractivity contribution in [3.05, 3.63) is 46.4 Å². The molecular weight excluding hydrogens is 202 g/mol. The fourth-order valence-electron chi connectivity index (χ4n) is 1.89. The van der Waals surface area contributed by atoms with Gasteiger partial charge in [-0.1, -0.05) is 12.1 Å². The standard InChI is InChI=1S/C13H15NO2/c1-9-4-3-5-12-11(9)6-7-14(13(12)16)10(2)8-15/h3-7,10,15H,8H2,1-2H3. The van der Waals surface area contributed by atoms with Crippen molar-refractivity contribution in [2.75, 3.05) is 6.61 Å². The van der Waals surface area contributed by atoms with Gasteiger partial charge in [0.1, 0.15) is 0 Å². The Morgan fingerprint density at radius 2 is 2.06 bits per heavy atom. The molecule has 1 aromatic heterocycles. The van der Waals surface area contributed by atoms with Gasteiger partial charge >= 0.3 is 0 Å². The van der Waals surface area contributed by atoms with Crippen LogP contribution in [0.2, 0.25) is 0 Å². The van der Waals surface area contributed by atoms with Crippen molar-refractivity contribution in [2.45, 2.75) is 19.9 Å². The lowest BCUT2D eigenvalue weighted by atomic mass is 10.1. The van der Waals surface area contributed by atoms with Crippen molar-refractivity contribution in [2.24, 2.45) is 0 Å². The van der Waals surface area contributed by atoms with E-state index >= 15 is 0 Å². The molecule has 0 aliphatic rings. The minimum absolute atomic E-state index is 0.0305. The number of hydrogen-bond acceptors (Lipinski definition) is 2. The lowest BCUT2D eigenvalue weighted by Crippen LogP contribution is -2.24. The maximum absolute atomic E-state index is 12.1. The molecule has 1 aromatic carbocycles. The van der Waals surface area contributed by atoms with Crippen molar-refractivity contribution in [3.63, 3.8) is 0 Å². The predicted octanol–water partition coefficient (Wildman–Crippen LogP) is 1.86. The molecule has 0 radical (unpaired) electrons. The molecule has 2 rings (SSSR count). The summed E-state index contributed by atoms with van der Waals surface area (Å²) in [7, 11) is 0.